The molecular weight excluding hydrogens is 420 g/mol. The lowest BCUT2D eigenvalue weighted by Crippen LogP contribution is -2.34. The predicted molar refractivity (Wildman–Crippen MR) is 124 cm³/mol. The lowest BCUT2D eigenvalue weighted by Gasteiger charge is -2.17. The molecule has 5 rings (SSSR count). The van der Waals surface area contributed by atoms with Gasteiger partial charge >= 0.3 is 5.76 Å². The Morgan fingerprint density at radius 1 is 1.18 bits per heavy atom. The van der Waals surface area contributed by atoms with E-state index in [4.69, 9.17) is 9.40 Å². The van der Waals surface area contributed by atoms with E-state index in [0.29, 0.717) is 29.8 Å². The molecular formula is C25H24N4O4. The van der Waals surface area contributed by atoms with Crippen molar-refractivity contribution >= 4 is 33.8 Å². The molecule has 1 aliphatic heterocycles. The number of carbonyl (C=O) groups is 2. The number of aromatic nitrogens is 2. The summed E-state index contributed by atoms with van der Waals surface area (Å²) in [5.74, 6) is -0.827. The molecule has 0 aliphatic carbocycles. The van der Waals surface area contributed by atoms with E-state index in [-0.39, 0.29) is 24.3 Å². The normalized spacial score (nSPS) is 15.9. The molecule has 2 amide bonds. The minimum Gasteiger partial charge on any atom is -0.408 e. The summed E-state index contributed by atoms with van der Waals surface area (Å²) in [6.07, 6.45) is 0.740. The molecule has 0 unspecified atom stereocenters. The van der Waals surface area contributed by atoms with Crippen LogP contribution in [0.3, 0.4) is 0 Å². The first-order valence-corrected chi connectivity index (χ1v) is 10.9. The van der Waals surface area contributed by atoms with Gasteiger partial charge in [0.15, 0.2) is 5.58 Å². The first-order valence-electron chi connectivity index (χ1n) is 10.9. The summed E-state index contributed by atoms with van der Waals surface area (Å²) in [4.78, 5) is 44.4. The van der Waals surface area contributed by atoms with Crippen LogP contribution in [0.1, 0.15) is 34.0 Å². The van der Waals surface area contributed by atoms with Crippen molar-refractivity contribution in [3.05, 3.63) is 75.9 Å². The standard InChI is InChI=1S/C25H24N4O4/c1-15-7-8-22-21(11-15)29(25(32)33-22)14-23(30)28-10-9-16(13-28)20-12-18(24(31)26-2)17-5-3-4-6-19(17)27-20/h3-8,11-12,16H,9-10,13-14H2,1-2H3,(H,26,31)/t16-/m0/s1. The van der Waals surface area contributed by atoms with Crippen molar-refractivity contribution in [2.24, 2.45) is 0 Å². The number of aryl methyl sites for hydroxylation is 1. The molecule has 1 N–H and O–H groups in total. The number of rotatable bonds is 4. The maximum absolute atomic E-state index is 13.0. The highest BCUT2D eigenvalue weighted by Crippen LogP contribution is 2.29. The van der Waals surface area contributed by atoms with Crippen LogP contribution in [0.25, 0.3) is 22.0 Å². The average Bonchev–Trinajstić information content (AvgIpc) is 3.43. The van der Waals surface area contributed by atoms with Gasteiger partial charge < -0.3 is 14.6 Å². The number of hydrogen-bond acceptors (Lipinski definition) is 5. The zero-order valence-corrected chi connectivity index (χ0v) is 18.5. The van der Waals surface area contributed by atoms with Crippen molar-refractivity contribution in [1.29, 1.82) is 0 Å². The van der Waals surface area contributed by atoms with Crippen LogP contribution >= 0.6 is 0 Å². The molecule has 0 spiro atoms. The van der Waals surface area contributed by atoms with E-state index < -0.39 is 5.76 Å². The van der Waals surface area contributed by atoms with Crippen molar-refractivity contribution in [3.8, 4) is 0 Å². The van der Waals surface area contributed by atoms with E-state index in [1.165, 1.54) is 4.57 Å². The molecule has 33 heavy (non-hydrogen) atoms. The Morgan fingerprint density at radius 2 is 2.00 bits per heavy atom. The smallest absolute Gasteiger partial charge is 0.408 e. The summed E-state index contributed by atoms with van der Waals surface area (Å²) in [6, 6.07) is 14.8. The number of hydrogen-bond donors (Lipinski definition) is 1. The van der Waals surface area contributed by atoms with Gasteiger partial charge in [0, 0.05) is 37.1 Å². The van der Waals surface area contributed by atoms with Crippen LogP contribution in [0.15, 0.2) is 57.7 Å². The van der Waals surface area contributed by atoms with Crippen LogP contribution in [0.4, 0.5) is 0 Å². The van der Waals surface area contributed by atoms with E-state index in [0.717, 1.165) is 28.6 Å². The Kier molecular flexibility index (Phi) is 5.20. The Balaban J connectivity index is 1.39. The fourth-order valence-electron chi connectivity index (χ4n) is 4.51. The quantitative estimate of drug-likeness (QED) is 0.522. The second kappa shape index (κ2) is 8.20. The summed E-state index contributed by atoms with van der Waals surface area (Å²) >= 11 is 0. The Labute approximate surface area is 189 Å². The molecule has 3 heterocycles. The molecule has 0 bridgehead atoms. The first-order chi connectivity index (χ1) is 15.9. The van der Waals surface area contributed by atoms with E-state index in [9.17, 15) is 14.4 Å². The molecule has 2 aromatic heterocycles. The summed E-state index contributed by atoms with van der Waals surface area (Å²) in [6.45, 7) is 2.91. The minimum atomic E-state index is -0.536. The number of para-hydroxylation sites is 1. The van der Waals surface area contributed by atoms with Gasteiger partial charge in [0.05, 0.1) is 16.6 Å². The number of benzene rings is 2. The fourth-order valence-corrected chi connectivity index (χ4v) is 4.51. The summed E-state index contributed by atoms with van der Waals surface area (Å²) in [5, 5.41) is 3.49. The monoisotopic (exact) mass is 444 g/mol. The van der Waals surface area contributed by atoms with Crippen LogP contribution < -0.4 is 11.1 Å². The molecule has 1 fully saturated rings. The number of amides is 2. The second-order valence-corrected chi connectivity index (χ2v) is 8.44. The zero-order valence-electron chi connectivity index (χ0n) is 18.5. The number of oxazole rings is 1. The third-order valence-electron chi connectivity index (χ3n) is 6.28. The van der Waals surface area contributed by atoms with Gasteiger partial charge in [-0.05, 0) is 43.2 Å². The summed E-state index contributed by atoms with van der Waals surface area (Å²) in [5.41, 5.74) is 4.21. The predicted octanol–water partition coefficient (Wildman–Crippen LogP) is 2.83. The van der Waals surface area contributed by atoms with Gasteiger partial charge in [-0.25, -0.2) is 4.79 Å². The zero-order chi connectivity index (χ0) is 23.1. The van der Waals surface area contributed by atoms with E-state index in [1.807, 2.05) is 49.4 Å². The number of nitrogens with one attached hydrogen (secondary N) is 1. The fraction of sp³-hybridized carbons (Fsp3) is 0.280. The van der Waals surface area contributed by atoms with E-state index >= 15 is 0 Å². The van der Waals surface area contributed by atoms with Crippen molar-refractivity contribution < 1.29 is 14.0 Å². The van der Waals surface area contributed by atoms with Crippen LogP contribution in [0.5, 0.6) is 0 Å². The molecule has 8 nitrogen and oxygen atoms in total. The van der Waals surface area contributed by atoms with Crippen molar-refractivity contribution in [3.63, 3.8) is 0 Å². The number of likely N-dealkylation sites (tertiary alicyclic amines) is 1. The number of carbonyl (C=O) groups excluding carboxylic acids is 2. The van der Waals surface area contributed by atoms with Crippen LogP contribution in [0, 0.1) is 6.92 Å². The highest BCUT2D eigenvalue weighted by molar-refractivity contribution is 6.06. The topological polar surface area (TPSA) is 97.4 Å². The van der Waals surface area contributed by atoms with Gasteiger partial charge in [-0.1, -0.05) is 24.3 Å². The van der Waals surface area contributed by atoms with Crippen molar-refractivity contribution in [2.45, 2.75) is 25.8 Å². The molecule has 1 atom stereocenters. The minimum absolute atomic E-state index is 0.0158. The van der Waals surface area contributed by atoms with Crippen molar-refractivity contribution in [1.82, 2.24) is 19.8 Å². The molecule has 168 valence electrons. The van der Waals surface area contributed by atoms with Gasteiger partial charge in [-0.15, -0.1) is 0 Å². The van der Waals surface area contributed by atoms with Crippen LogP contribution in [-0.4, -0.2) is 46.4 Å². The second-order valence-electron chi connectivity index (χ2n) is 8.44. The largest absolute Gasteiger partial charge is 0.420 e. The highest BCUT2D eigenvalue weighted by Gasteiger charge is 2.30. The molecule has 0 radical (unpaired) electrons. The SMILES string of the molecule is CNC(=O)c1cc([C@H]2CCN(C(=O)Cn3c(=O)oc4ccc(C)cc43)C2)nc2ccccc12. The maximum atomic E-state index is 13.0. The van der Waals surface area contributed by atoms with Crippen LogP contribution in [-0.2, 0) is 11.3 Å². The van der Waals surface area contributed by atoms with Gasteiger partial charge in [0.25, 0.3) is 5.91 Å². The highest BCUT2D eigenvalue weighted by atomic mass is 16.4. The van der Waals surface area contributed by atoms with E-state index in [1.54, 1.807) is 18.0 Å². The third kappa shape index (κ3) is 3.77. The lowest BCUT2D eigenvalue weighted by molar-refractivity contribution is -0.130. The number of pyridine rings is 1. The molecule has 8 heteroatoms. The summed E-state index contributed by atoms with van der Waals surface area (Å²) in [7, 11) is 1.61. The number of fused-ring (bicyclic) bond motifs is 2. The first kappa shape index (κ1) is 20.9. The molecule has 2 aromatic carbocycles. The van der Waals surface area contributed by atoms with Gasteiger partial charge in [-0.2, -0.15) is 0 Å². The Morgan fingerprint density at radius 3 is 2.82 bits per heavy atom. The van der Waals surface area contributed by atoms with Gasteiger partial charge in [-0.3, -0.25) is 19.1 Å². The molecule has 1 saturated heterocycles. The lowest BCUT2D eigenvalue weighted by atomic mass is 9.99. The molecule has 4 aromatic rings. The maximum Gasteiger partial charge on any atom is 0.420 e. The van der Waals surface area contributed by atoms with Gasteiger partial charge in [0.1, 0.15) is 6.54 Å². The van der Waals surface area contributed by atoms with E-state index in [2.05, 4.69) is 5.32 Å². The average molecular weight is 444 g/mol. The third-order valence-corrected chi connectivity index (χ3v) is 6.28. The van der Waals surface area contributed by atoms with Crippen LogP contribution in [0.2, 0.25) is 0 Å². The molecule has 1 aliphatic rings. The Bertz CT molecular complexity index is 1450. The summed E-state index contributed by atoms with van der Waals surface area (Å²) < 4.78 is 6.67. The Hall–Kier alpha value is -3.94. The van der Waals surface area contributed by atoms with Crippen molar-refractivity contribution in [2.75, 3.05) is 20.1 Å². The number of nitrogens with zero attached hydrogens (tertiary/aromatic N) is 3. The molecule has 0 saturated carbocycles. The van der Waals surface area contributed by atoms with Gasteiger partial charge in [0.2, 0.25) is 5.91 Å².